The summed E-state index contributed by atoms with van der Waals surface area (Å²) >= 11 is 0. The molecule has 1 aliphatic carbocycles. The van der Waals surface area contributed by atoms with Crippen molar-refractivity contribution in [1.29, 1.82) is 0 Å². The Bertz CT molecular complexity index is 758. The largest absolute Gasteiger partial charge is 0.379 e. The van der Waals surface area contributed by atoms with Crippen molar-refractivity contribution in [2.75, 3.05) is 13.2 Å². The minimum Gasteiger partial charge on any atom is -0.379 e. The molecular weight excluding hydrogens is 371 g/mol. The quantitative estimate of drug-likeness (QED) is 0.641. The van der Waals surface area contributed by atoms with Crippen molar-refractivity contribution in [1.82, 2.24) is 10.2 Å². The van der Waals surface area contributed by atoms with Crippen molar-refractivity contribution in [3.63, 3.8) is 0 Å². The van der Waals surface area contributed by atoms with E-state index in [2.05, 4.69) is 5.32 Å². The van der Waals surface area contributed by atoms with E-state index in [0.717, 1.165) is 43.2 Å². The van der Waals surface area contributed by atoms with Crippen LogP contribution in [-0.2, 0) is 20.9 Å². The number of rotatable bonds is 9. The first kappa shape index (κ1) is 21.5. The fourth-order valence-electron chi connectivity index (χ4n) is 4.14. The van der Waals surface area contributed by atoms with Crippen LogP contribution in [0.15, 0.2) is 35.4 Å². The first-order chi connectivity index (χ1) is 14.0. The summed E-state index contributed by atoms with van der Waals surface area (Å²) < 4.78 is 18.7. The lowest BCUT2D eigenvalue weighted by atomic mass is 9.88. The lowest BCUT2D eigenvalue weighted by molar-refractivity contribution is -0.129. The van der Waals surface area contributed by atoms with E-state index in [1.807, 2.05) is 18.7 Å². The zero-order valence-electron chi connectivity index (χ0n) is 17.4. The first-order valence-corrected chi connectivity index (χ1v) is 10.6. The molecule has 0 aromatic heterocycles. The Morgan fingerprint density at radius 3 is 2.76 bits per heavy atom. The topological polar surface area (TPSA) is 58.6 Å². The van der Waals surface area contributed by atoms with Gasteiger partial charge in [-0.1, -0.05) is 18.6 Å². The molecule has 1 heterocycles. The van der Waals surface area contributed by atoms with Crippen LogP contribution in [0.5, 0.6) is 0 Å². The number of nitrogens with one attached hydrogen (secondary N) is 1. The van der Waals surface area contributed by atoms with Gasteiger partial charge in [0.1, 0.15) is 5.82 Å². The molecule has 5 nitrogen and oxygen atoms in total. The van der Waals surface area contributed by atoms with Crippen LogP contribution in [0.2, 0.25) is 0 Å². The molecule has 1 aromatic rings. The molecule has 1 aromatic carbocycles. The van der Waals surface area contributed by atoms with Crippen molar-refractivity contribution in [3.8, 4) is 0 Å². The number of carbonyl (C=O) groups excluding carboxylic acids is 2. The average Bonchev–Trinajstić information content (AvgIpc) is 2.95. The molecular formula is C23H31FN2O3. The number of hydrogen-bond donors (Lipinski definition) is 1. The van der Waals surface area contributed by atoms with Crippen molar-refractivity contribution in [2.24, 2.45) is 0 Å². The van der Waals surface area contributed by atoms with Gasteiger partial charge in [0.2, 0.25) is 5.91 Å². The van der Waals surface area contributed by atoms with Crippen LogP contribution in [0.25, 0.3) is 0 Å². The lowest BCUT2D eigenvalue weighted by Crippen LogP contribution is -2.36. The van der Waals surface area contributed by atoms with Gasteiger partial charge in [-0.05, 0) is 62.8 Å². The van der Waals surface area contributed by atoms with Gasteiger partial charge in [-0.2, -0.15) is 0 Å². The molecule has 1 fully saturated rings. The Morgan fingerprint density at radius 2 is 2.03 bits per heavy atom. The summed E-state index contributed by atoms with van der Waals surface area (Å²) in [6.45, 7) is 5.57. The number of amides is 2. The Balaban J connectivity index is 1.60. The van der Waals surface area contributed by atoms with Crippen LogP contribution in [0, 0.1) is 5.82 Å². The van der Waals surface area contributed by atoms with Crippen LogP contribution < -0.4 is 5.32 Å². The molecule has 2 amide bonds. The smallest absolute Gasteiger partial charge is 0.251 e. The Labute approximate surface area is 172 Å². The zero-order valence-corrected chi connectivity index (χ0v) is 17.4. The summed E-state index contributed by atoms with van der Waals surface area (Å²) in [6.07, 6.45) is 5.02. The van der Waals surface area contributed by atoms with Gasteiger partial charge >= 0.3 is 0 Å². The molecule has 3 rings (SSSR count). The molecule has 29 heavy (non-hydrogen) atoms. The third-order valence-corrected chi connectivity index (χ3v) is 5.56. The van der Waals surface area contributed by atoms with Crippen LogP contribution in [0.4, 0.5) is 4.39 Å². The summed E-state index contributed by atoms with van der Waals surface area (Å²) in [5.74, 6) is -0.443. The van der Waals surface area contributed by atoms with E-state index in [9.17, 15) is 14.0 Å². The Kier molecular flexibility index (Phi) is 7.42. The van der Waals surface area contributed by atoms with Crippen molar-refractivity contribution in [3.05, 3.63) is 46.8 Å². The van der Waals surface area contributed by atoms with Gasteiger partial charge in [0, 0.05) is 25.3 Å². The molecule has 0 bridgehead atoms. The van der Waals surface area contributed by atoms with Crippen LogP contribution in [0.1, 0.15) is 57.9 Å². The molecule has 0 spiro atoms. The molecule has 1 unspecified atom stereocenters. The molecule has 0 saturated heterocycles. The molecule has 1 aliphatic heterocycles. The molecule has 6 heteroatoms. The normalized spacial score (nSPS) is 19.1. The fourth-order valence-corrected chi connectivity index (χ4v) is 4.14. The molecule has 1 N–H and O–H groups in total. The van der Waals surface area contributed by atoms with Gasteiger partial charge < -0.3 is 15.0 Å². The molecule has 1 atom stereocenters. The highest BCUT2D eigenvalue weighted by Crippen LogP contribution is 2.38. The van der Waals surface area contributed by atoms with Crippen LogP contribution in [-0.4, -0.2) is 42.0 Å². The predicted octanol–water partition coefficient (Wildman–Crippen LogP) is 3.73. The van der Waals surface area contributed by atoms with E-state index in [4.69, 9.17) is 4.74 Å². The molecule has 1 saturated carbocycles. The highest BCUT2D eigenvalue weighted by molar-refractivity contribution is 6.02. The maximum atomic E-state index is 13.2. The third kappa shape index (κ3) is 5.66. The fraction of sp³-hybridized carbons (Fsp3) is 0.565. The van der Waals surface area contributed by atoms with E-state index in [1.165, 1.54) is 12.1 Å². The Morgan fingerprint density at radius 1 is 1.28 bits per heavy atom. The summed E-state index contributed by atoms with van der Waals surface area (Å²) in [4.78, 5) is 27.4. The summed E-state index contributed by atoms with van der Waals surface area (Å²) in [5.41, 5.74) is 2.69. The van der Waals surface area contributed by atoms with Gasteiger partial charge in [0.05, 0.1) is 18.6 Å². The third-order valence-electron chi connectivity index (χ3n) is 5.56. The van der Waals surface area contributed by atoms with E-state index in [-0.39, 0.29) is 36.2 Å². The molecule has 2 aliphatic rings. The minimum absolute atomic E-state index is 0.0467. The SMILES string of the molecule is CC(C)OCCCNC(=O)CC1=C2CCCCC2N(Cc2ccc(F)cc2)C1=O. The zero-order chi connectivity index (χ0) is 20.8. The maximum absolute atomic E-state index is 13.2. The van der Waals surface area contributed by atoms with Gasteiger partial charge in [-0.15, -0.1) is 0 Å². The highest BCUT2D eigenvalue weighted by atomic mass is 19.1. The predicted molar refractivity (Wildman–Crippen MR) is 110 cm³/mol. The summed E-state index contributed by atoms with van der Waals surface area (Å²) in [7, 11) is 0. The monoisotopic (exact) mass is 402 g/mol. The van der Waals surface area contributed by atoms with Crippen molar-refractivity contribution >= 4 is 11.8 Å². The van der Waals surface area contributed by atoms with Gasteiger partial charge in [-0.3, -0.25) is 9.59 Å². The number of carbonyl (C=O) groups is 2. The van der Waals surface area contributed by atoms with E-state index < -0.39 is 0 Å². The van der Waals surface area contributed by atoms with Gasteiger partial charge in [0.25, 0.3) is 5.91 Å². The minimum atomic E-state index is -0.283. The van der Waals surface area contributed by atoms with Crippen LogP contribution in [0.3, 0.4) is 0 Å². The number of fused-ring (bicyclic) bond motifs is 1. The van der Waals surface area contributed by atoms with Crippen molar-refractivity contribution < 1.29 is 18.7 Å². The first-order valence-electron chi connectivity index (χ1n) is 10.6. The van der Waals surface area contributed by atoms with Gasteiger partial charge in [-0.25, -0.2) is 4.39 Å². The second kappa shape index (κ2) is 10.0. The van der Waals surface area contributed by atoms with E-state index in [1.54, 1.807) is 12.1 Å². The van der Waals surface area contributed by atoms with Crippen molar-refractivity contribution in [2.45, 2.75) is 71.1 Å². The Hall–Kier alpha value is -2.21. The second-order valence-corrected chi connectivity index (χ2v) is 8.12. The number of ether oxygens (including phenoxy) is 1. The average molecular weight is 403 g/mol. The summed E-state index contributed by atoms with van der Waals surface area (Å²) in [6, 6.07) is 6.35. The number of hydrogen-bond acceptors (Lipinski definition) is 3. The number of halogens is 1. The summed E-state index contributed by atoms with van der Waals surface area (Å²) in [5, 5.41) is 2.90. The lowest BCUT2D eigenvalue weighted by Gasteiger charge is -2.30. The number of nitrogens with zero attached hydrogens (tertiary/aromatic N) is 1. The van der Waals surface area contributed by atoms with E-state index in [0.29, 0.717) is 25.3 Å². The standard InChI is InChI=1S/C23H31FN2O3/c1-16(2)29-13-5-12-25-22(27)14-20-19-6-3-4-7-21(19)26(23(20)28)15-17-8-10-18(24)11-9-17/h8-11,16,21H,3-7,12-15H2,1-2H3,(H,25,27). The molecule has 0 radical (unpaired) electrons. The highest BCUT2D eigenvalue weighted by Gasteiger charge is 2.40. The van der Waals surface area contributed by atoms with E-state index >= 15 is 0 Å². The molecule has 158 valence electrons. The maximum Gasteiger partial charge on any atom is 0.251 e. The number of benzene rings is 1. The second-order valence-electron chi connectivity index (χ2n) is 8.12. The van der Waals surface area contributed by atoms with Crippen LogP contribution >= 0.6 is 0 Å². The van der Waals surface area contributed by atoms with Gasteiger partial charge in [0.15, 0.2) is 0 Å².